The number of amides is 2. The second kappa shape index (κ2) is 8.87. The third-order valence-electron chi connectivity index (χ3n) is 7.68. The van der Waals surface area contributed by atoms with Gasteiger partial charge in [0.1, 0.15) is 24.2 Å². The van der Waals surface area contributed by atoms with Gasteiger partial charge in [0.15, 0.2) is 0 Å². The fraction of sp³-hybridized carbons (Fsp3) is 0.720. The van der Waals surface area contributed by atoms with Gasteiger partial charge in [-0.2, -0.15) is 0 Å². The SMILES string of the molecule is CCCCCN1CC=C[C@]23O[C@@]4(C)C=CCOC(=O)[C@H]4[C@H]2C(=O)N([C@@H](CO)C(C)C)C3C1=O. The molecule has 8 nitrogen and oxygen atoms in total. The van der Waals surface area contributed by atoms with E-state index >= 15 is 0 Å². The Hall–Kier alpha value is -2.19. The Bertz CT molecular complexity index is 869. The molecule has 182 valence electrons. The van der Waals surface area contributed by atoms with Crippen LogP contribution in [0.15, 0.2) is 24.3 Å². The van der Waals surface area contributed by atoms with Gasteiger partial charge in [-0.25, -0.2) is 0 Å². The first-order valence-electron chi connectivity index (χ1n) is 12.2. The van der Waals surface area contributed by atoms with Crippen LogP contribution < -0.4 is 0 Å². The van der Waals surface area contributed by atoms with E-state index in [1.165, 1.54) is 4.90 Å². The first-order chi connectivity index (χ1) is 15.7. The molecule has 1 N–H and O–H groups in total. The highest BCUT2D eigenvalue weighted by atomic mass is 16.6. The number of hydrogen-bond acceptors (Lipinski definition) is 6. The minimum Gasteiger partial charge on any atom is -0.461 e. The van der Waals surface area contributed by atoms with Gasteiger partial charge in [-0.1, -0.05) is 51.8 Å². The van der Waals surface area contributed by atoms with E-state index in [2.05, 4.69) is 6.92 Å². The molecule has 0 saturated carbocycles. The molecule has 1 unspecified atom stereocenters. The summed E-state index contributed by atoms with van der Waals surface area (Å²) in [5.74, 6) is -2.87. The predicted molar refractivity (Wildman–Crippen MR) is 121 cm³/mol. The predicted octanol–water partition coefficient (Wildman–Crippen LogP) is 1.68. The number of hydrogen-bond donors (Lipinski definition) is 1. The largest absolute Gasteiger partial charge is 0.461 e. The molecule has 2 saturated heterocycles. The van der Waals surface area contributed by atoms with Gasteiger partial charge in [0.2, 0.25) is 11.8 Å². The monoisotopic (exact) mass is 460 g/mol. The number of nitrogens with zero attached hydrogens (tertiary/aromatic N) is 2. The first-order valence-corrected chi connectivity index (χ1v) is 12.2. The van der Waals surface area contributed by atoms with Crippen molar-refractivity contribution < 1.29 is 29.0 Å². The molecule has 8 heteroatoms. The van der Waals surface area contributed by atoms with E-state index in [0.717, 1.165) is 19.3 Å². The Labute approximate surface area is 195 Å². The number of carbonyl (C=O) groups excluding carboxylic acids is 3. The lowest BCUT2D eigenvalue weighted by molar-refractivity contribution is -0.160. The molecule has 0 aromatic rings. The summed E-state index contributed by atoms with van der Waals surface area (Å²) in [6.45, 7) is 8.59. The molecule has 4 aliphatic heterocycles. The van der Waals surface area contributed by atoms with E-state index < -0.39 is 41.1 Å². The molecule has 0 aromatic carbocycles. The van der Waals surface area contributed by atoms with Crippen LogP contribution in [-0.2, 0) is 23.9 Å². The van der Waals surface area contributed by atoms with Crippen LogP contribution in [0.4, 0.5) is 0 Å². The summed E-state index contributed by atoms with van der Waals surface area (Å²) in [5, 5.41) is 10.2. The molecular formula is C25H36N2O6. The molecule has 4 rings (SSSR count). The summed E-state index contributed by atoms with van der Waals surface area (Å²) in [6.07, 6.45) is 10.2. The van der Waals surface area contributed by atoms with Crippen LogP contribution in [0.1, 0.15) is 47.0 Å². The van der Waals surface area contributed by atoms with Crippen molar-refractivity contribution in [3.8, 4) is 0 Å². The Morgan fingerprint density at radius 3 is 2.55 bits per heavy atom. The summed E-state index contributed by atoms with van der Waals surface area (Å²) in [7, 11) is 0. The highest BCUT2D eigenvalue weighted by Gasteiger charge is 2.75. The summed E-state index contributed by atoms with van der Waals surface area (Å²) in [5.41, 5.74) is -2.36. The van der Waals surface area contributed by atoms with Crippen LogP contribution in [0.2, 0.25) is 0 Å². The second-order valence-corrected chi connectivity index (χ2v) is 10.2. The van der Waals surface area contributed by atoms with E-state index in [4.69, 9.17) is 9.47 Å². The third kappa shape index (κ3) is 3.62. The number of esters is 1. The standard InChI is InChI=1S/C25H36N2O6/c1-5-6-7-12-26-13-8-11-25-18(19-23(31)32-14-9-10-24(19,4)33-25)21(29)27(20(25)22(26)30)17(15-28)16(2)3/h8-11,16-20,28H,5-7,12-15H2,1-4H3/t17-,18-,19+,20?,24-,25-/m0/s1. The van der Waals surface area contributed by atoms with Crippen LogP contribution in [0, 0.1) is 17.8 Å². The quantitative estimate of drug-likeness (QED) is 0.353. The molecule has 4 aliphatic rings. The molecule has 4 heterocycles. The van der Waals surface area contributed by atoms with Gasteiger partial charge in [0, 0.05) is 13.1 Å². The van der Waals surface area contributed by atoms with Gasteiger partial charge in [-0.15, -0.1) is 0 Å². The average Bonchev–Trinajstić information content (AvgIpc) is 3.02. The number of unbranched alkanes of at least 4 members (excludes halogenated alkanes) is 2. The first kappa shape index (κ1) is 24.0. The normalized spacial score (nSPS) is 36.4. The number of cyclic esters (lactones) is 1. The zero-order valence-electron chi connectivity index (χ0n) is 20.0. The molecule has 2 fully saturated rings. The molecule has 6 atom stereocenters. The fourth-order valence-electron chi connectivity index (χ4n) is 6.07. The zero-order valence-corrected chi connectivity index (χ0v) is 20.0. The van der Waals surface area contributed by atoms with Crippen LogP contribution >= 0.6 is 0 Å². The Kier molecular flexibility index (Phi) is 6.44. The topological polar surface area (TPSA) is 96.4 Å². The third-order valence-corrected chi connectivity index (χ3v) is 7.68. The van der Waals surface area contributed by atoms with Gasteiger partial charge < -0.3 is 24.4 Å². The van der Waals surface area contributed by atoms with E-state index in [0.29, 0.717) is 13.1 Å². The number of aliphatic hydroxyl groups is 1. The van der Waals surface area contributed by atoms with Gasteiger partial charge in [-0.05, 0) is 25.3 Å². The lowest BCUT2D eigenvalue weighted by atomic mass is 9.75. The second-order valence-electron chi connectivity index (χ2n) is 10.2. The minimum absolute atomic E-state index is 0.0873. The van der Waals surface area contributed by atoms with Crippen molar-refractivity contribution in [2.45, 2.75) is 70.2 Å². The Morgan fingerprint density at radius 1 is 1.12 bits per heavy atom. The fourth-order valence-corrected chi connectivity index (χ4v) is 6.07. The maximum absolute atomic E-state index is 14.0. The van der Waals surface area contributed by atoms with E-state index in [9.17, 15) is 19.5 Å². The van der Waals surface area contributed by atoms with Crippen molar-refractivity contribution in [1.29, 1.82) is 0 Å². The summed E-state index contributed by atoms with van der Waals surface area (Å²) < 4.78 is 12.0. The van der Waals surface area contributed by atoms with Crippen LogP contribution in [0.25, 0.3) is 0 Å². The number of rotatable bonds is 7. The number of aliphatic hydroxyl groups excluding tert-OH is 1. The van der Waals surface area contributed by atoms with Crippen LogP contribution in [0.3, 0.4) is 0 Å². The van der Waals surface area contributed by atoms with Gasteiger partial charge >= 0.3 is 5.97 Å². The van der Waals surface area contributed by atoms with E-state index in [1.54, 1.807) is 24.0 Å². The summed E-state index contributed by atoms with van der Waals surface area (Å²) in [4.78, 5) is 44.4. The minimum atomic E-state index is -1.30. The maximum Gasteiger partial charge on any atom is 0.313 e. The molecule has 1 spiro atoms. The van der Waals surface area contributed by atoms with Gasteiger partial charge in [-0.3, -0.25) is 14.4 Å². The molecule has 0 bridgehead atoms. The van der Waals surface area contributed by atoms with Crippen molar-refractivity contribution in [1.82, 2.24) is 9.80 Å². The van der Waals surface area contributed by atoms with Crippen molar-refractivity contribution in [2.24, 2.45) is 17.8 Å². The van der Waals surface area contributed by atoms with Crippen molar-refractivity contribution in [3.05, 3.63) is 24.3 Å². The molecule has 0 aromatic heterocycles. The molecular weight excluding hydrogens is 424 g/mol. The number of fused-ring (bicyclic) bond motifs is 2. The zero-order chi connectivity index (χ0) is 24.0. The summed E-state index contributed by atoms with van der Waals surface area (Å²) >= 11 is 0. The highest BCUT2D eigenvalue weighted by molar-refractivity contribution is 5.99. The number of likely N-dealkylation sites (tertiary alicyclic amines) is 1. The van der Waals surface area contributed by atoms with Crippen molar-refractivity contribution in [2.75, 3.05) is 26.3 Å². The Morgan fingerprint density at radius 2 is 1.88 bits per heavy atom. The highest BCUT2D eigenvalue weighted by Crippen LogP contribution is 2.57. The molecule has 2 amide bonds. The summed E-state index contributed by atoms with van der Waals surface area (Å²) in [6, 6.07) is -1.51. The maximum atomic E-state index is 14.0. The van der Waals surface area contributed by atoms with E-state index in [-0.39, 0.29) is 30.9 Å². The molecule has 0 aliphatic carbocycles. The molecule has 0 radical (unpaired) electrons. The van der Waals surface area contributed by atoms with Crippen molar-refractivity contribution >= 4 is 17.8 Å². The number of ether oxygens (including phenoxy) is 2. The average molecular weight is 461 g/mol. The van der Waals surface area contributed by atoms with Gasteiger partial charge in [0.25, 0.3) is 0 Å². The van der Waals surface area contributed by atoms with Gasteiger partial charge in [0.05, 0.1) is 24.2 Å². The lowest BCUT2D eigenvalue weighted by Gasteiger charge is -2.41. The van der Waals surface area contributed by atoms with Crippen LogP contribution in [-0.4, -0.2) is 82.3 Å². The Balaban J connectivity index is 1.84. The van der Waals surface area contributed by atoms with E-state index in [1.807, 2.05) is 26.0 Å². The molecule has 33 heavy (non-hydrogen) atoms. The smallest absolute Gasteiger partial charge is 0.313 e. The number of carbonyl (C=O) groups is 3. The lowest BCUT2D eigenvalue weighted by Crippen LogP contribution is -2.59. The van der Waals surface area contributed by atoms with Crippen LogP contribution in [0.5, 0.6) is 0 Å². The van der Waals surface area contributed by atoms with Crippen molar-refractivity contribution in [3.63, 3.8) is 0 Å².